The predicted octanol–water partition coefficient (Wildman–Crippen LogP) is 1.67. The third-order valence-electron chi connectivity index (χ3n) is 2.17. The average molecular weight is 180 g/mol. The molecule has 72 valence electrons. The van der Waals surface area contributed by atoms with Gasteiger partial charge < -0.3 is 5.43 Å². The van der Waals surface area contributed by atoms with Gasteiger partial charge in [-0.15, -0.1) is 0 Å². The van der Waals surface area contributed by atoms with E-state index in [0.29, 0.717) is 11.7 Å². The maximum atomic E-state index is 5.26. The van der Waals surface area contributed by atoms with Crippen LogP contribution in [0.4, 0.5) is 5.82 Å². The minimum Gasteiger partial charge on any atom is -0.308 e. The number of nitrogens with zero attached hydrogens (tertiary/aromatic N) is 2. The molecular weight excluding hydrogens is 164 g/mol. The molecule has 0 radical (unpaired) electrons. The fraction of sp³-hybridized carbons (Fsp3) is 0.556. The molecule has 0 atom stereocenters. The lowest BCUT2D eigenvalue weighted by Gasteiger charge is -2.10. The molecule has 0 aliphatic heterocycles. The van der Waals surface area contributed by atoms with Crippen LogP contribution < -0.4 is 11.3 Å². The summed E-state index contributed by atoms with van der Waals surface area (Å²) in [6.45, 7) is 4.28. The van der Waals surface area contributed by atoms with Crippen LogP contribution in [0.25, 0.3) is 0 Å². The second-order valence-corrected chi connectivity index (χ2v) is 2.96. The molecule has 1 rings (SSSR count). The van der Waals surface area contributed by atoms with Crippen molar-refractivity contribution in [3.05, 3.63) is 18.1 Å². The molecule has 13 heavy (non-hydrogen) atoms. The minimum absolute atomic E-state index is 0.438. The van der Waals surface area contributed by atoms with E-state index >= 15 is 0 Å². The first kappa shape index (κ1) is 9.92. The van der Waals surface area contributed by atoms with E-state index in [4.69, 9.17) is 5.84 Å². The van der Waals surface area contributed by atoms with E-state index in [1.165, 1.54) is 0 Å². The van der Waals surface area contributed by atoms with Crippen molar-refractivity contribution in [2.24, 2.45) is 5.84 Å². The fourth-order valence-corrected chi connectivity index (χ4v) is 1.30. The molecule has 1 aromatic heterocycles. The van der Waals surface area contributed by atoms with E-state index in [-0.39, 0.29) is 0 Å². The number of hydrogen-bond acceptors (Lipinski definition) is 4. The van der Waals surface area contributed by atoms with Gasteiger partial charge >= 0.3 is 0 Å². The SMILES string of the molecule is CCC(CC)c1nccc(NN)n1. The lowest BCUT2D eigenvalue weighted by atomic mass is 10.0. The predicted molar refractivity (Wildman–Crippen MR) is 53.2 cm³/mol. The van der Waals surface area contributed by atoms with Crippen molar-refractivity contribution in [1.82, 2.24) is 9.97 Å². The van der Waals surface area contributed by atoms with Gasteiger partial charge in [0.2, 0.25) is 0 Å². The van der Waals surface area contributed by atoms with Crippen molar-refractivity contribution in [3.8, 4) is 0 Å². The quantitative estimate of drug-likeness (QED) is 0.546. The second kappa shape index (κ2) is 4.77. The summed E-state index contributed by atoms with van der Waals surface area (Å²) in [4.78, 5) is 8.51. The van der Waals surface area contributed by atoms with Crippen molar-refractivity contribution in [3.63, 3.8) is 0 Å². The Morgan fingerprint density at radius 1 is 1.46 bits per heavy atom. The average Bonchev–Trinajstić information content (AvgIpc) is 2.20. The molecule has 0 saturated heterocycles. The van der Waals surface area contributed by atoms with Crippen LogP contribution in [0.1, 0.15) is 38.4 Å². The summed E-state index contributed by atoms with van der Waals surface area (Å²) in [5.41, 5.74) is 2.52. The van der Waals surface area contributed by atoms with Gasteiger partial charge in [0, 0.05) is 18.2 Å². The second-order valence-electron chi connectivity index (χ2n) is 2.96. The van der Waals surface area contributed by atoms with Crippen molar-refractivity contribution in [1.29, 1.82) is 0 Å². The van der Waals surface area contributed by atoms with Crippen LogP contribution in [0.5, 0.6) is 0 Å². The van der Waals surface area contributed by atoms with Gasteiger partial charge in [-0.05, 0) is 12.8 Å². The molecule has 1 aromatic rings. The Hall–Kier alpha value is -1.16. The Bertz CT molecular complexity index is 258. The van der Waals surface area contributed by atoms with Crippen molar-refractivity contribution >= 4 is 5.82 Å². The monoisotopic (exact) mass is 180 g/mol. The van der Waals surface area contributed by atoms with E-state index in [1.54, 1.807) is 12.3 Å². The van der Waals surface area contributed by atoms with Gasteiger partial charge in [-0.1, -0.05) is 13.8 Å². The molecule has 0 amide bonds. The third kappa shape index (κ3) is 2.39. The first-order chi connectivity index (χ1) is 6.31. The number of hydrogen-bond donors (Lipinski definition) is 2. The Morgan fingerprint density at radius 3 is 2.69 bits per heavy atom. The Labute approximate surface area is 78.6 Å². The van der Waals surface area contributed by atoms with Crippen LogP contribution in [0.15, 0.2) is 12.3 Å². The van der Waals surface area contributed by atoms with Crippen LogP contribution in [0.2, 0.25) is 0 Å². The van der Waals surface area contributed by atoms with Crippen LogP contribution in [0.3, 0.4) is 0 Å². The summed E-state index contributed by atoms with van der Waals surface area (Å²) in [6, 6.07) is 1.76. The summed E-state index contributed by atoms with van der Waals surface area (Å²) in [6.07, 6.45) is 3.85. The van der Waals surface area contributed by atoms with Crippen LogP contribution in [0, 0.1) is 0 Å². The molecule has 0 unspecified atom stereocenters. The molecule has 3 N–H and O–H groups in total. The number of hydrazine groups is 1. The molecule has 4 nitrogen and oxygen atoms in total. The van der Waals surface area contributed by atoms with Crippen LogP contribution in [-0.2, 0) is 0 Å². The summed E-state index contributed by atoms with van der Waals surface area (Å²) in [5, 5.41) is 0. The smallest absolute Gasteiger partial charge is 0.143 e. The highest BCUT2D eigenvalue weighted by molar-refractivity contribution is 5.31. The van der Waals surface area contributed by atoms with Crippen molar-refractivity contribution in [2.75, 3.05) is 5.43 Å². The first-order valence-corrected chi connectivity index (χ1v) is 4.61. The van der Waals surface area contributed by atoms with E-state index in [1.807, 2.05) is 0 Å². The summed E-state index contributed by atoms with van der Waals surface area (Å²) >= 11 is 0. The molecule has 4 heteroatoms. The highest BCUT2D eigenvalue weighted by atomic mass is 15.3. The Kier molecular flexibility index (Phi) is 3.64. The number of anilines is 1. The largest absolute Gasteiger partial charge is 0.308 e. The van der Waals surface area contributed by atoms with Gasteiger partial charge in [-0.3, -0.25) is 0 Å². The molecule has 0 spiro atoms. The molecule has 0 aliphatic carbocycles. The number of nitrogens with two attached hydrogens (primary N) is 1. The molecular formula is C9H16N4. The number of aromatic nitrogens is 2. The molecule has 0 fully saturated rings. The van der Waals surface area contributed by atoms with Gasteiger partial charge in [0.1, 0.15) is 11.6 Å². The molecule has 0 bridgehead atoms. The maximum absolute atomic E-state index is 5.26. The summed E-state index contributed by atoms with van der Waals surface area (Å²) < 4.78 is 0. The van der Waals surface area contributed by atoms with E-state index in [9.17, 15) is 0 Å². The highest BCUT2D eigenvalue weighted by Crippen LogP contribution is 2.19. The summed E-state index contributed by atoms with van der Waals surface area (Å²) in [7, 11) is 0. The number of rotatable bonds is 4. The summed E-state index contributed by atoms with van der Waals surface area (Å²) in [5.74, 6) is 7.25. The van der Waals surface area contributed by atoms with E-state index in [0.717, 1.165) is 18.7 Å². The van der Waals surface area contributed by atoms with E-state index in [2.05, 4.69) is 29.2 Å². The highest BCUT2D eigenvalue weighted by Gasteiger charge is 2.09. The minimum atomic E-state index is 0.438. The zero-order valence-corrected chi connectivity index (χ0v) is 8.12. The van der Waals surface area contributed by atoms with Gasteiger partial charge in [0.05, 0.1) is 0 Å². The molecule has 0 aliphatic rings. The normalized spacial score (nSPS) is 10.5. The topological polar surface area (TPSA) is 63.8 Å². The van der Waals surface area contributed by atoms with E-state index < -0.39 is 0 Å². The van der Waals surface area contributed by atoms with Gasteiger partial charge in [-0.25, -0.2) is 15.8 Å². The van der Waals surface area contributed by atoms with Gasteiger partial charge in [-0.2, -0.15) is 0 Å². The standard InChI is InChI=1S/C9H16N4/c1-3-7(4-2)9-11-6-5-8(12-9)13-10/h5-7H,3-4,10H2,1-2H3,(H,11,12,13). The first-order valence-electron chi connectivity index (χ1n) is 4.61. The Balaban J connectivity index is 2.86. The van der Waals surface area contributed by atoms with Crippen LogP contribution >= 0.6 is 0 Å². The van der Waals surface area contributed by atoms with Crippen molar-refractivity contribution < 1.29 is 0 Å². The zero-order chi connectivity index (χ0) is 9.68. The van der Waals surface area contributed by atoms with Crippen molar-refractivity contribution in [2.45, 2.75) is 32.6 Å². The number of nitrogen functional groups attached to an aromatic ring is 1. The number of nitrogens with one attached hydrogen (secondary N) is 1. The van der Waals surface area contributed by atoms with Crippen LogP contribution in [-0.4, -0.2) is 9.97 Å². The molecule has 1 heterocycles. The maximum Gasteiger partial charge on any atom is 0.143 e. The van der Waals surface area contributed by atoms with Gasteiger partial charge in [0.25, 0.3) is 0 Å². The Morgan fingerprint density at radius 2 is 2.15 bits per heavy atom. The van der Waals surface area contributed by atoms with Gasteiger partial charge in [0.15, 0.2) is 0 Å². The fourth-order valence-electron chi connectivity index (χ4n) is 1.30. The lowest BCUT2D eigenvalue weighted by molar-refractivity contribution is 0.602. The molecule has 0 aromatic carbocycles. The molecule has 0 saturated carbocycles. The third-order valence-corrected chi connectivity index (χ3v) is 2.17. The zero-order valence-electron chi connectivity index (χ0n) is 8.12. The lowest BCUT2D eigenvalue weighted by Crippen LogP contribution is -2.11.